The van der Waals surface area contributed by atoms with Gasteiger partial charge in [0.25, 0.3) is 0 Å². The van der Waals surface area contributed by atoms with Gasteiger partial charge in [0.05, 0.1) is 6.04 Å². The molecule has 2 atom stereocenters. The normalized spacial score (nSPS) is 16.9. The number of hydrogen-bond acceptors (Lipinski definition) is 2. The van der Waals surface area contributed by atoms with E-state index in [0.29, 0.717) is 5.92 Å². The van der Waals surface area contributed by atoms with E-state index in [1.165, 1.54) is 6.92 Å². The van der Waals surface area contributed by atoms with Crippen LogP contribution in [-0.4, -0.2) is 11.8 Å². The molecule has 2 heteroatoms. The summed E-state index contributed by atoms with van der Waals surface area (Å²) >= 11 is 0. The van der Waals surface area contributed by atoms with Crippen LogP contribution < -0.4 is 5.73 Å². The van der Waals surface area contributed by atoms with Gasteiger partial charge in [-0.3, -0.25) is 4.79 Å². The molecule has 0 aliphatic carbocycles. The second kappa shape index (κ2) is 3.62. The summed E-state index contributed by atoms with van der Waals surface area (Å²) in [6, 6.07) is -0.255. The molecule has 0 bridgehead atoms. The topological polar surface area (TPSA) is 43.1 Å². The Labute approximate surface area is 56.4 Å². The van der Waals surface area contributed by atoms with E-state index < -0.39 is 0 Å². The van der Waals surface area contributed by atoms with Crippen molar-refractivity contribution in [2.24, 2.45) is 11.7 Å². The molecule has 0 radical (unpaired) electrons. The number of Topliss-reactive ketones (excluding diaryl/α,β-unsaturated/α-hetero) is 1. The molecule has 0 saturated heterocycles. The quantitative estimate of drug-likeness (QED) is 0.616. The molecule has 0 spiro atoms. The molecular formula is C7H15NO. The lowest BCUT2D eigenvalue weighted by molar-refractivity contribution is -0.119. The molecule has 0 amide bonds. The van der Waals surface area contributed by atoms with Gasteiger partial charge in [-0.25, -0.2) is 0 Å². The van der Waals surface area contributed by atoms with Gasteiger partial charge in [-0.15, -0.1) is 0 Å². The molecule has 0 aliphatic rings. The van der Waals surface area contributed by atoms with E-state index in [1.807, 2.05) is 13.8 Å². The van der Waals surface area contributed by atoms with Crippen LogP contribution in [0.15, 0.2) is 0 Å². The summed E-state index contributed by atoms with van der Waals surface area (Å²) < 4.78 is 0. The van der Waals surface area contributed by atoms with E-state index in [4.69, 9.17) is 5.73 Å². The van der Waals surface area contributed by atoms with E-state index in [1.54, 1.807) is 0 Å². The van der Waals surface area contributed by atoms with Crippen LogP contribution in [0.25, 0.3) is 0 Å². The number of hydrogen-bond donors (Lipinski definition) is 1. The fraction of sp³-hybridized carbons (Fsp3) is 0.857. The van der Waals surface area contributed by atoms with Gasteiger partial charge in [0, 0.05) is 0 Å². The first-order valence-corrected chi connectivity index (χ1v) is 3.35. The van der Waals surface area contributed by atoms with Gasteiger partial charge >= 0.3 is 0 Å². The molecule has 0 unspecified atom stereocenters. The van der Waals surface area contributed by atoms with Gasteiger partial charge < -0.3 is 5.73 Å². The number of carbonyl (C=O) groups is 1. The molecule has 0 fully saturated rings. The SMILES string of the molecule is CC[C@@H](C)[C@@H](N)C(C)=O. The minimum Gasteiger partial charge on any atom is -0.321 e. The second-order valence-corrected chi connectivity index (χ2v) is 2.52. The summed E-state index contributed by atoms with van der Waals surface area (Å²) in [6.45, 7) is 5.57. The summed E-state index contributed by atoms with van der Waals surface area (Å²) in [6.07, 6.45) is 0.973. The van der Waals surface area contributed by atoms with E-state index in [9.17, 15) is 4.79 Å². The van der Waals surface area contributed by atoms with Crippen molar-refractivity contribution in [3.8, 4) is 0 Å². The molecule has 0 saturated carbocycles. The Morgan fingerprint density at radius 1 is 1.67 bits per heavy atom. The molecule has 9 heavy (non-hydrogen) atoms. The Hall–Kier alpha value is -0.370. The van der Waals surface area contributed by atoms with Crippen LogP contribution in [0.5, 0.6) is 0 Å². The smallest absolute Gasteiger partial charge is 0.146 e. The third-order valence-corrected chi connectivity index (χ3v) is 1.73. The predicted octanol–water partition coefficient (Wildman–Crippen LogP) is 0.949. The highest BCUT2D eigenvalue weighted by molar-refractivity contribution is 5.81. The van der Waals surface area contributed by atoms with E-state index in [-0.39, 0.29) is 11.8 Å². The first kappa shape index (κ1) is 8.63. The lowest BCUT2D eigenvalue weighted by Crippen LogP contribution is -2.34. The van der Waals surface area contributed by atoms with Crippen LogP contribution >= 0.6 is 0 Å². The van der Waals surface area contributed by atoms with Gasteiger partial charge in [-0.1, -0.05) is 20.3 Å². The summed E-state index contributed by atoms with van der Waals surface area (Å²) in [7, 11) is 0. The first-order chi connectivity index (χ1) is 4.09. The van der Waals surface area contributed by atoms with Crippen LogP contribution in [0.4, 0.5) is 0 Å². The second-order valence-electron chi connectivity index (χ2n) is 2.52. The van der Waals surface area contributed by atoms with Gasteiger partial charge in [-0.2, -0.15) is 0 Å². The first-order valence-electron chi connectivity index (χ1n) is 3.35. The largest absolute Gasteiger partial charge is 0.321 e. The molecule has 0 aromatic heterocycles. The zero-order chi connectivity index (χ0) is 7.44. The highest BCUT2D eigenvalue weighted by Gasteiger charge is 2.14. The van der Waals surface area contributed by atoms with Crippen LogP contribution in [-0.2, 0) is 4.79 Å². The molecule has 2 nitrogen and oxygen atoms in total. The van der Waals surface area contributed by atoms with E-state index in [2.05, 4.69) is 0 Å². The predicted molar refractivity (Wildman–Crippen MR) is 38.1 cm³/mol. The van der Waals surface area contributed by atoms with E-state index in [0.717, 1.165) is 6.42 Å². The fourth-order valence-corrected chi connectivity index (χ4v) is 0.655. The monoisotopic (exact) mass is 129 g/mol. The standard InChI is InChI=1S/C7H15NO/c1-4-5(2)7(8)6(3)9/h5,7H,4,8H2,1-3H3/t5-,7-/m1/s1. The Kier molecular flexibility index (Phi) is 3.47. The maximum absolute atomic E-state index is 10.6. The van der Waals surface area contributed by atoms with Gasteiger partial charge in [0.15, 0.2) is 0 Å². The third kappa shape index (κ3) is 2.61. The summed E-state index contributed by atoms with van der Waals surface area (Å²) in [5.74, 6) is 0.409. The molecule has 2 N–H and O–H groups in total. The number of carbonyl (C=O) groups excluding carboxylic acids is 1. The molecule has 54 valence electrons. The Morgan fingerprint density at radius 2 is 2.11 bits per heavy atom. The van der Waals surface area contributed by atoms with Crippen molar-refractivity contribution in [2.75, 3.05) is 0 Å². The molecule has 0 aliphatic heterocycles. The zero-order valence-corrected chi connectivity index (χ0v) is 6.35. The van der Waals surface area contributed by atoms with Crippen LogP contribution in [0.2, 0.25) is 0 Å². The minimum absolute atomic E-state index is 0.0874. The minimum atomic E-state index is -0.255. The number of ketones is 1. The molecule has 0 heterocycles. The van der Waals surface area contributed by atoms with Crippen molar-refractivity contribution in [2.45, 2.75) is 33.2 Å². The summed E-state index contributed by atoms with van der Waals surface area (Å²) in [5, 5.41) is 0. The van der Waals surface area contributed by atoms with Crippen molar-refractivity contribution in [3.63, 3.8) is 0 Å². The zero-order valence-electron chi connectivity index (χ0n) is 6.35. The Bertz CT molecular complexity index is 101. The van der Waals surface area contributed by atoms with Crippen LogP contribution in [0, 0.1) is 5.92 Å². The summed E-state index contributed by atoms with van der Waals surface area (Å²) in [4.78, 5) is 10.6. The van der Waals surface area contributed by atoms with Crippen LogP contribution in [0.1, 0.15) is 27.2 Å². The third-order valence-electron chi connectivity index (χ3n) is 1.73. The molecule has 0 rings (SSSR count). The maximum atomic E-state index is 10.6. The van der Waals surface area contributed by atoms with Gasteiger partial charge in [-0.05, 0) is 12.8 Å². The molecule has 0 aromatic carbocycles. The number of rotatable bonds is 3. The maximum Gasteiger partial charge on any atom is 0.146 e. The molecular weight excluding hydrogens is 114 g/mol. The van der Waals surface area contributed by atoms with Crippen molar-refractivity contribution in [3.05, 3.63) is 0 Å². The Morgan fingerprint density at radius 3 is 2.22 bits per heavy atom. The van der Waals surface area contributed by atoms with Crippen LogP contribution in [0.3, 0.4) is 0 Å². The Balaban J connectivity index is 3.72. The van der Waals surface area contributed by atoms with Gasteiger partial charge in [0.1, 0.15) is 5.78 Å². The van der Waals surface area contributed by atoms with E-state index >= 15 is 0 Å². The van der Waals surface area contributed by atoms with Gasteiger partial charge in [0.2, 0.25) is 0 Å². The lowest BCUT2D eigenvalue weighted by Gasteiger charge is -2.13. The lowest BCUT2D eigenvalue weighted by atomic mass is 9.97. The molecule has 0 aromatic rings. The highest BCUT2D eigenvalue weighted by atomic mass is 16.1. The average molecular weight is 129 g/mol. The van der Waals surface area contributed by atoms with Crippen molar-refractivity contribution in [1.82, 2.24) is 0 Å². The average Bonchev–Trinajstić information content (AvgIpc) is 1.84. The number of nitrogens with two attached hydrogens (primary N) is 1. The van der Waals surface area contributed by atoms with Crippen molar-refractivity contribution >= 4 is 5.78 Å². The summed E-state index contributed by atoms with van der Waals surface area (Å²) in [5.41, 5.74) is 5.52. The fourth-order valence-electron chi connectivity index (χ4n) is 0.655. The van der Waals surface area contributed by atoms with Crippen molar-refractivity contribution < 1.29 is 4.79 Å². The highest BCUT2D eigenvalue weighted by Crippen LogP contribution is 2.04. The van der Waals surface area contributed by atoms with Crippen molar-refractivity contribution in [1.29, 1.82) is 0 Å².